The van der Waals surface area contributed by atoms with Crippen LogP contribution in [-0.2, 0) is 0 Å². The Labute approximate surface area is 112 Å². The molecular formula is C11H8BrN5O. The number of anilines is 1. The van der Waals surface area contributed by atoms with Crippen molar-refractivity contribution in [2.24, 2.45) is 5.84 Å². The van der Waals surface area contributed by atoms with E-state index < -0.39 is 0 Å². The average molecular weight is 306 g/mol. The second-order valence-corrected chi connectivity index (χ2v) is 4.06. The van der Waals surface area contributed by atoms with Crippen LogP contribution in [0, 0.1) is 11.3 Å². The van der Waals surface area contributed by atoms with Gasteiger partial charge in [0.15, 0.2) is 0 Å². The predicted octanol–water partition coefficient (Wildman–Crippen LogP) is 2.19. The van der Waals surface area contributed by atoms with Gasteiger partial charge in [-0.1, -0.05) is 12.1 Å². The largest absolute Gasteiger partial charge is 0.436 e. The minimum atomic E-state index is 0.225. The molecule has 0 fully saturated rings. The normalized spacial score (nSPS) is 9.61. The summed E-state index contributed by atoms with van der Waals surface area (Å²) in [4.78, 5) is 7.94. The first-order valence-electron chi connectivity index (χ1n) is 4.90. The van der Waals surface area contributed by atoms with Crippen LogP contribution in [0.2, 0.25) is 0 Å². The summed E-state index contributed by atoms with van der Waals surface area (Å²) >= 11 is 3.26. The Bertz CT molecular complexity index is 611. The van der Waals surface area contributed by atoms with Crippen molar-refractivity contribution in [2.45, 2.75) is 0 Å². The van der Waals surface area contributed by atoms with Gasteiger partial charge in [-0.15, -0.1) is 0 Å². The SMILES string of the molecule is N#Cc1ccccc1Oc1nc(NN)ncc1Br. The Morgan fingerprint density at radius 1 is 1.39 bits per heavy atom. The summed E-state index contributed by atoms with van der Waals surface area (Å²) in [5.41, 5.74) is 2.74. The third kappa shape index (κ3) is 2.56. The zero-order valence-corrected chi connectivity index (χ0v) is 10.7. The number of nitrogens with one attached hydrogen (secondary N) is 1. The molecule has 0 spiro atoms. The predicted molar refractivity (Wildman–Crippen MR) is 68.8 cm³/mol. The van der Waals surface area contributed by atoms with E-state index in [1.807, 2.05) is 6.07 Å². The maximum Gasteiger partial charge on any atom is 0.240 e. The molecule has 7 heteroatoms. The molecular weight excluding hydrogens is 298 g/mol. The minimum absolute atomic E-state index is 0.225. The average Bonchev–Trinajstić information content (AvgIpc) is 2.42. The first kappa shape index (κ1) is 12.3. The van der Waals surface area contributed by atoms with Crippen molar-refractivity contribution in [3.8, 4) is 17.7 Å². The number of hydrazine groups is 1. The number of hydrogen-bond donors (Lipinski definition) is 2. The van der Waals surface area contributed by atoms with E-state index >= 15 is 0 Å². The maximum atomic E-state index is 8.96. The molecule has 2 rings (SSSR count). The molecule has 0 atom stereocenters. The lowest BCUT2D eigenvalue weighted by molar-refractivity contribution is 0.457. The molecule has 3 N–H and O–H groups in total. The summed E-state index contributed by atoms with van der Waals surface area (Å²) in [7, 11) is 0. The number of nitrogens with zero attached hydrogens (tertiary/aromatic N) is 3. The number of rotatable bonds is 3. The van der Waals surface area contributed by atoms with Gasteiger partial charge >= 0.3 is 0 Å². The smallest absolute Gasteiger partial charge is 0.240 e. The standard InChI is InChI=1S/C11H8BrN5O/c12-8-6-15-11(17-14)16-10(8)18-9-4-2-1-3-7(9)5-13/h1-4,6H,14H2,(H,15,16,17). The van der Waals surface area contributed by atoms with Crippen LogP contribution < -0.4 is 16.0 Å². The van der Waals surface area contributed by atoms with Crippen LogP contribution in [-0.4, -0.2) is 9.97 Å². The molecule has 0 bridgehead atoms. The molecule has 1 aromatic heterocycles. The third-order valence-electron chi connectivity index (χ3n) is 2.06. The molecule has 1 aromatic carbocycles. The van der Waals surface area contributed by atoms with Crippen LogP contribution >= 0.6 is 15.9 Å². The van der Waals surface area contributed by atoms with Crippen LogP contribution in [0.5, 0.6) is 11.6 Å². The lowest BCUT2D eigenvalue weighted by Crippen LogP contribution is -2.10. The molecule has 2 aromatic rings. The summed E-state index contributed by atoms with van der Waals surface area (Å²) in [6.45, 7) is 0. The van der Waals surface area contributed by atoms with E-state index in [1.54, 1.807) is 24.3 Å². The Morgan fingerprint density at radius 2 is 2.17 bits per heavy atom. The lowest BCUT2D eigenvalue weighted by atomic mass is 10.2. The Kier molecular flexibility index (Phi) is 3.72. The van der Waals surface area contributed by atoms with Gasteiger partial charge in [-0.05, 0) is 28.1 Å². The van der Waals surface area contributed by atoms with Crippen molar-refractivity contribution in [3.05, 3.63) is 40.5 Å². The maximum absolute atomic E-state index is 8.96. The minimum Gasteiger partial charge on any atom is -0.436 e. The summed E-state index contributed by atoms with van der Waals surface area (Å²) in [6.07, 6.45) is 1.51. The molecule has 0 amide bonds. The Morgan fingerprint density at radius 3 is 2.89 bits per heavy atom. The lowest BCUT2D eigenvalue weighted by Gasteiger charge is -2.08. The first-order valence-corrected chi connectivity index (χ1v) is 5.70. The fourth-order valence-corrected chi connectivity index (χ4v) is 1.52. The monoisotopic (exact) mass is 305 g/mol. The molecule has 0 unspecified atom stereocenters. The summed E-state index contributed by atoms with van der Waals surface area (Å²) < 4.78 is 6.12. The second-order valence-electron chi connectivity index (χ2n) is 3.20. The van der Waals surface area contributed by atoms with Gasteiger partial charge in [0.1, 0.15) is 11.8 Å². The van der Waals surface area contributed by atoms with Crippen molar-refractivity contribution in [1.82, 2.24) is 9.97 Å². The zero-order valence-electron chi connectivity index (χ0n) is 9.09. The van der Waals surface area contributed by atoms with E-state index in [2.05, 4.69) is 31.3 Å². The highest BCUT2D eigenvalue weighted by Gasteiger charge is 2.09. The number of hydrogen-bond acceptors (Lipinski definition) is 6. The molecule has 6 nitrogen and oxygen atoms in total. The number of nitriles is 1. The molecule has 0 saturated heterocycles. The topological polar surface area (TPSA) is 96.8 Å². The number of ether oxygens (including phenoxy) is 1. The highest BCUT2D eigenvalue weighted by Crippen LogP contribution is 2.29. The van der Waals surface area contributed by atoms with E-state index in [0.717, 1.165) is 0 Å². The van der Waals surface area contributed by atoms with Gasteiger partial charge in [0.05, 0.1) is 16.2 Å². The quantitative estimate of drug-likeness (QED) is 0.666. The second kappa shape index (κ2) is 5.44. The van der Waals surface area contributed by atoms with E-state index in [9.17, 15) is 0 Å². The highest BCUT2D eigenvalue weighted by molar-refractivity contribution is 9.10. The van der Waals surface area contributed by atoms with Gasteiger partial charge in [-0.3, -0.25) is 5.43 Å². The number of nitrogens with two attached hydrogens (primary N) is 1. The molecule has 0 aliphatic rings. The van der Waals surface area contributed by atoms with Gasteiger partial charge in [-0.2, -0.15) is 10.2 Å². The van der Waals surface area contributed by atoms with Gasteiger partial charge in [0.25, 0.3) is 0 Å². The van der Waals surface area contributed by atoms with E-state index in [1.165, 1.54) is 6.20 Å². The first-order chi connectivity index (χ1) is 8.74. The highest BCUT2D eigenvalue weighted by atomic mass is 79.9. The molecule has 0 saturated carbocycles. The third-order valence-corrected chi connectivity index (χ3v) is 2.60. The fraction of sp³-hybridized carbons (Fsp3) is 0. The van der Waals surface area contributed by atoms with Gasteiger partial charge in [0, 0.05) is 0 Å². The number of para-hydroxylation sites is 1. The number of aromatic nitrogens is 2. The van der Waals surface area contributed by atoms with E-state index in [4.69, 9.17) is 15.8 Å². The number of benzene rings is 1. The summed E-state index contributed by atoms with van der Waals surface area (Å²) in [5.74, 6) is 6.14. The molecule has 0 aliphatic heterocycles. The fourth-order valence-electron chi connectivity index (χ4n) is 1.24. The Balaban J connectivity index is 2.37. The van der Waals surface area contributed by atoms with Crippen LogP contribution in [0.4, 0.5) is 5.95 Å². The molecule has 18 heavy (non-hydrogen) atoms. The molecule has 0 radical (unpaired) electrons. The van der Waals surface area contributed by atoms with Crippen molar-refractivity contribution in [3.63, 3.8) is 0 Å². The summed E-state index contributed by atoms with van der Waals surface area (Å²) in [6, 6.07) is 8.91. The van der Waals surface area contributed by atoms with Crippen LogP contribution in [0.25, 0.3) is 0 Å². The van der Waals surface area contributed by atoms with Crippen LogP contribution in [0.3, 0.4) is 0 Å². The van der Waals surface area contributed by atoms with Crippen molar-refractivity contribution in [2.75, 3.05) is 5.43 Å². The van der Waals surface area contributed by atoms with Gasteiger partial charge < -0.3 is 4.74 Å². The van der Waals surface area contributed by atoms with Crippen LogP contribution in [0.15, 0.2) is 34.9 Å². The van der Waals surface area contributed by atoms with Crippen molar-refractivity contribution < 1.29 is 4.74 Å². The molecule has 90 valence electrons. The van der Waals surface area contributed by atoms with Crippen molar-refractivity contribution in [1.29, 1.82) is 5.26 Å². The van der Waals surface area contributed by atoms with Crippen LogP contribution in [0.1, 0.15) is 5.56 Å². The Hall–Kier alpha value is -2.17. The summed E-state index contributed by atoms with van der Waals surface area (Å²) in [5, 5.41) is 8.96. The molecule has 0 aliphatic carbocycles. The molecule has 1 heterocycles. The van der Waals surface area contributed by atoms with E-state index in [-0.39, 0.29) is 11.8 Å². The number of nitrogen functional groups attached to an aromatic ring is 1. The number of halogens is 1. The van der Waals surface area contributed by atoms with E-state index in [0.29, 0.717) is 15.8 Å². The van der Waals surface area contributed by atoms with Crippen molar-refractivity contribution >= 4 is 21.9 Å². The van der Waals surface area contributed by atoms with Gasteiger partial charge in [0.2, 0.25) is 11.8 Å². The zero-order chi connectivity index (χ0) is 13.0. The van der Waals surface area contributed by atoms with Gasteiger partial charge in [-0.25, -0.2) is 10.8 Å².